The molecular formula is C12H19N3O3. The summed E-state index contributed by atoms with van der Waals surface area (Å²) < 4.78 is 7.48. The van der Waals surface area contributed by atoms with Gasteiger partial charge in [0.2, 0.25) is 5.88 Å². The first kappa shape index (κ1) is 12.8. The monoisotopic (exact) mass is 253 g/mol. The Hall–Kier alpha value is -1.69. The van der Waals surface area contributed by atoms with Crippen LogP contribution in [0.5, 0.6) is 5.88 Å². The molecule has 0 saturated carbocycles. The highest BCUT2D eigenvalue weighted by molar-refractivity contribution is 5.89. The molecule has 1 aromatic rings. The predicted octanol–water partition coefficient (Wildman–Crippen LogP) is 0.482. The molecule has 1 unspecified atom stereocenters. The van der Waals surface area contributed by atoms with E-state index in [1.807, 2.05) is 26.0 Å². The maximum atomic E-state index is 11.1. The first-order chi connectivity index (χ1) is 8.40. The Morgan fingerprint density at radius 1 is 1.56 bits per heavy atom. The number of carbonyl (C=O) groups is 1. The zero-order valence-electron chi connectivity index (χ0n) is 11.2. The number of likely N-dealkylation sites (N-methyl/N-ethyl adjacent to an activating group) is 2. The van der Waals surface area contributed by atoms with Crippen molar-refractivity contribution in [3.8, 4) is 5.88 Å². The summed E-state index contributed by atoms with van der Waals surface area (Å²) in [5.41, 5.74) is 1.09. The van der Waals surface area contributed by atoms with Gasteiger partial charge in [-0.15, -0.1) is 0 Å². The lowest BCUT2D eigenvalue weighted by Gasteiger charge is -2.33. The standard InChI is InChI=1S/C12H19N3O3/c1-13(2)6-8-7-14(3)9-5-10(12(16)17)15(4)11(9)18-8/h5,8H,6-7H2,1-4H3,(H,16,17). The molecule has 1 N–H and O–H groups in total. The molecule has 0 saturated heterocycles. The molecule has 1 aliphatic rings. The SMILES string of the molecule is CN(C)CC1CN(C)c2cc(C(=O)O)n(C)c2O1. The van der Waals surface area contributed by atoms with Crippen molar-refractivity contribution in [3.05, 3.63) is 11.8 Å². The normalized spacial score (nSPS) is 18.7. The van der Waals surface area contributed by atoms with Crippen LogP contribution in [0, 0.1) is 0 Å². The van der Waals surface area contributed by atoms with E-state index in [1.54, 1.807) is 17.7 Å². The second-order valence-electron chi connectivity index (χ2n) is 4.97. The summed E-state index contributed by atoms with van der Waals surface area (Å²) in [6, 6.07) is 1.66. The summed E-state index contributed by atoms with van der Waals surface area (Å²) in [4.78, 5) is 15.2. The van der Waals surface area contributed by atoms with Gasteiger partial charge in [0.25, 0.3) is 0 Å². The summed E-state index contributed by atoms with van der Waals surface area (Å²) in [5, 5.41) is 9.11. The van der Waals surface area contributed by atoms with Crippen LogP contribution >= 0.6 is 0 Å². The van der Waals surface area contributed by atoms with Crippen LogP contribution in [0.25, 0.3) is 0 Å². The molecule has 0 radical (unpaired) electrons. The number of carboxylic acid groups (broad SMARTS) is 1. The molecule has 0 aromatic carbocycles. The number of ether oxygens (including phenoxy) is 1. The first-order valence-corrected chi connectivity index (χ1v) is 5.85. The number of hydrogen-bond acceptors (Lipinski definition) is 4. The van der Waals surface area contributed by atoms with E-state index in [0.29, 0.717) is 5.88 Å². The molecule has 6 heteroatoms. The highest BCUT2D eigenvalue weighted by Crippen LogP contribution is 2.35. The number of aromatic carboxylic acids is 1. The summed E-state index contributed by atoms with van der Waals surface area (Å²) >= 11 is 0. The highest BCUT2D eigenvalue weighted by Gasteiger charge is 2.29. The van der Waals surface area contributed by atoms with E-state index in [0.717, 1.165) is 18.8 Å². The molecule has 0 bridgehead atoms. The molecule has 0 fully saturated rings. The van der Waals surface area contributed by atoms with Crippen LogP contribution in [-0.2, 0) is 7.05 Å². The molecule has 0 amide bonds. The molecule has 1 atom stereocenters. The molecule has 100 valence electrons. The molecule has 6 nitrogen and oxygen atoms in total. The van der Waals surface area contributed by atoms with Gasteiger partial charge in [0.1, 0.15) is 17.5 Å². The van der Waals surface area contributed by atoms with E-state index in [2.05, 4.69) is 4.90 Å². The lowest BCUT2D eigenvalue weighted by molar-refractivity contribution is 0.0683. The van der Waals surface area contributed by atoms with Crippen molar-refractivity contribution >= 4 is 11.7 Å². The van der Waals surface area contributed by atoms with Crippen molar-refractivity contribution in [1.29, 1.82) is 0 Å². The van der Waals surface area contributed by atoms with E-state index in [1.165, 1.54) is 0 Å². The maximum Gasteiger partial charge on any atom is 0.352 e. The van der Waals surface area contributed by atoms with Crippen molar-refractivity contribution in [2.24, 2.45) is 7.05 Å². The molecule has 2 heterocycles. The van der Waals surface area contributed by atoms with Crippen molar-refractivity contribution in [2.75, 3.05) is 39.1 Å². The Kier molecular flexibility index (Phi) is 3.21. The van der Waals surface area contributed by atoms with Crippen LogP contribution in [0.4, 0.5) is 5.69 Å². The molecule has 1 aromatic heterocycles. The molecule has 0 spiro atoms. The number of rotatable bonds is 3. The summed E-state index contributed by atoms with van der Waals surface area (Å²) in [6.07, 6.45) is 0.0488. The minimum absolute atomic E-state index is 0.0488. The van der Waals surface area contributed by atoms with Gasteiger partial charge in [0.15, 0.2) is 0 Å². The number of aromatic nitrogens is 1. The van der Waals surface area contributed by atoms with Crippen LogP contribution in [-0.4, -0.2) is 60.9 Å². The topological polar surface area (TPSA) is 57.9 Å². The van der Waals surface area contributed by atoms with Gasteiger partial charge < -0.3 is 24.2 Å². The Morgan fingerprint density at radius 2 is 2.22 bits per heavy atom. The lowest BCUT2D eigenvalue weighted by atomic mass is 10.2. The number of hydrogen-bond donors (Lipinski definition) is 1. The fourth-order valence-corrected chi connectivity index (χ4v) is 2.29. The largest absolute Gasteiger partial charge is 0.477 e. The Balaban J connectivity index is 2.32. The second kappa shape index (κ2) is 4.53. The van der Waals surface area contributed by atoms with Gasteiger partial charge in [-0.3, -0.25) is 0 Å². The number of carboxylic acids is 1. The fraction of sp³-hybridized carbons (Fsp3) is 0.583. The lowest BCUT2D eigenvalue weighted by Crippen LogP contribution is -2.43. The number of fused-ring (bicyclic) bond motifs is 1. The molecule has 18 heavy (non-hydrogen) atoms. The summed E-state index contributed by atoms with van der Waals surface area (Å²) in [6.45, 7) is 1.56. The minimum Gasteiger partial charge on any atom is -0.477 e. The molecule has 1 aliphatic heterocycles. The average molecular weight is 253 g/mol. The van der Waals surface area contributed by atoms with E-state index in [4.69, 9.17) is 9.84 Å². The smallest absolute Gasteiger partial charge is 0.352 e. The fourth-order valence-electron chi connectivity index (χ4n) is 2.29. The number of nitrogens with zero attached hydrogens (tertiary/aromatic N) is 3. The maximum absolute atomic E-state index is 11.1. The Bertz CT molecular complexity index is 467. The van der Waals surface area contributed by atoms with Crippen LogP contribution in [0.2, 0.25) is 0 Å². The van der Waals surface area contributed by atoms with Crippen LogP contribution in [0.3, 0.4) is 0 Å². The van der Waals surface area contributed by atoms with Crippen molar-refractivity contribution in [2.45, 2.75) is 6.10 Å². The third-order valence-corrected chi connectivity index (χ3v) is 3.11. The van der Waals surface area contributed by atoms with Gasteiger partial charge in [-0.2, -0.15) is 0 Å². The Labute approximate surface area is 106 Å². The summed E-state index contributed by atoms with van der Waals surface area (Å²) in [7, 11) is 7.66. The van der Waals surface area contributed by atoms with E-state index in [9.17, 15) is 4.79 Å². The first-order valence-electron chi connectivity index (χ1n) is 5.85. The van der Waals surface area contributed by atoms with Crippen molar-refractivity contribution < 1.29 is 14.6 Å². The molecule has 2 rings (SSSR count). The van der Waals surface area contributed by atoms with Gasteiger partial charge in [0.05, 0.1) is 6.54 Å². The van der Waals surface area contributed by atoms with Crippen molar-refractivity contribution in [1.82, 2.24) is 9.47 Å². The van der Waals surface area contributed by atoms with Gasteiger partial charge in [-0.1, -0.05) is 0 Å². The van der Waals surface area contributed by atoms with Gasteiger partial charge in [0, 0.05) is 20.6 Å². The quantitative estimate of drug-likeness (QED) is 0.849. The van der Waals surface area contributed by atoms with Crippen molar-refractivity contribution in [3.63, 3.8) is 0 Å². The minimum atomic E-state index is -0.937. The van der Waals surface area contributed by atoms with Gasteiger partial charge in [-0.25, -0.2) is 4.79 Å². The van der Waals surface area contributed by atoms with Crippen LogP contribution in [0.1, 0.15) is 10.5 Å². The third-order valence-electron chi connectivity index (χ3n) is 3.11. The van der Waals surface area contributed by atoms with E-state index < -0.39 is 5.97 Å². The summed E-state index contributed by atoms with van der Waals surface area (Å²) in [5.74, 6) is -0.305. The highest BCUT2D eigenvalue weighted by atomic mass is 16.5. The molecular weight excluding hydrogens is 234 g/mol. The van der Waals surface area contributed by atoms with Crippen LogP contribution < -0.4 is 9.64 Å². The van der Waals surface area contributed by atoms with Gasteiger partial charge >= 0.3 is 5.97 Å². The zero-order valence-corrected chi connectivity index (χ0v) is 11.2. The zero-order chi connectivity index (χ0) is 13.4. The predicted molar refractivity (Wildman–Crippen MR) is 68.6 cm³/mol. The van der Waals surface area contributed by atoms with E-state index >= 15 is 0 Å². The Morgan fingerprint density at radius 3 is 2.78 bits per heavy atom. The van der Waals surface area contributed by atoms with E-state index in [-0.39, 0.29) is 11.8 Å². The number of anilines is 1. The van der Waals surface area contributed by atoms with Crippen LogP contribution in [0.15, 0.2) is 6.07 Å². The average Bonchev–Trinajstić information content (AvgIpc) is 2.56. The third kappa shape index (κ3) is 2.15. The van der Waals surface area contributed by atoms with Gasteiger partial charge in [-0.05, 0) is 20.2 Å². The molecule has 0 aliphatic carbocycles. The second-order valence-corrected chi connectivity index (χ2v) is 4.97.